The zero-order chi connectivity index (χ0) is 26.9. The maximum absolute atomic E-state index is 11.5. The van der Waals surface area contributed by atoms with Crippen molar-refractivity contribution in [2.45, 2.75) is 66.2 Å². The molecule has 0 spiro atoms. The SMILES string of the molecule is C=C(C)C(=O)OC.C=C(C=CC(=O)O)C(=O)OCC(CC)CCCC.C=CC(=O)OCCCC. The van der Waals surface area contributed by atoms with E-state index in [9.17, 15) is 19.2 Å². The highest BCUT2D eigenvalue weighted by Crippen LogP contribution is 2.13. The molecule has 0 aliphatic carbocycles. The van der Waals surface area contributed by atoms with Gasteiger partial charge >= 0.3 is 23.9 Å². The first-order chi connectivity index (χ1) is 16.0. The first-order valence-electron chi connectivity index (χ1n) is 11.3. The molecule has 0 fully saturated rings. The van der Waals surface area contributed by atoms with Gasteiger partial charge in [0.2, 0.25) is 0 Å². The standard InChI is InChI=1S/C14H22O4.C7H12O2.C5H8O2/c1-4-6-7-12(5-2)10-18-14(17)11(3)8-9-13(15)16;1-3-5-6-9-7(8)4-2;1-4(2)5(6)7-3/h8-9,12H,3-7,10H2,1-2H3,(H,15,16);4H,2-3,5-6H2,1H3;1H2,2-3H3. The number of methoxy groups -OCH3 is 1. The number of carbonyl (C=O) groups is 4. The molecule has 0 radical (unpaired) electrons. The summed E-state index contributed by atoms with van der Waals surface area (Å²) in [6.45, 7) is 18.8. The zero-order valence-corrected chi connectivity index (χ0v) is 21.4. The average molecular weight is 483 g/mol. The maximum atomic E-state index is 11.5. The summed E-state index contributed by atoms with van der Waals surface area (Å²) >= 11 is 0. The Labute approximate surface area is 204 Å². The van der Waals surface area contributed by atoms with Crippen LogP contribution in [0, 0.1) is 5.92 Å². The second-order valence-electron chi connectivity index (χ2n) is 7.21. The second-order valence-corrected chi connectivity index (χ2v) is 7.21. The van der Waals surface area contributed by atoms with Crippen molar-refractivity contribution in [1.29, 1.82) is 0 Å². The van der Waals surface area contributed by atoms with Crippen LogP contribution in [-0.2, 0) is 33.4 Å². The number of aliphatic carboxylic acids is 1. The number of rotatable bonds is 14. The van der Waals surface area contributed by atoms with E-state index in [1.165, 1.54) is 13.2 Å². The fourth-order valence-corrected chi connectivity index (χ4v) is 1.97. The van der Waals surface area contributed by atoms with Crippen molar-refractivity contribution >= 4 is 23.9 Å². The minimum atomic E-state index is -1.11. The van der Waals surface area contributed by atoms with E-state index in [0.717, 1.165) is 50.7 Å². The fourth-order valence-electron chi connectivity index (χ4n) is 1.97. The zero-order valence-electron chi connectivity index (χ0n) is 21.4. The van der Waals surface area contributed by atoms with Crippen LogP contribution >= 0.6 is 0 Å². The highest BCUT2D eigenvalue weighted by Gasteiger charge is 2.11. The monoisotopic (exact) mass is 482 g/mol. The summed E-state index contributed by atoms with van der Waals surface area (Å²) in [5.41, 5.74) is 0.491. The van der Waals surface area contributed by atoms with Crippen LogP contribution in [0.2, 0.25) is 0 Å². The summed E-state index contributed by atoms with van der Waals surface area (Å²) in [5, 5.41) is 8.42. The molecule has 34 heavy (non-hydrogen) atoms. The van der Waals surface area contributed by atoms with Gasteiger partial charge in [-0.1, -0.05) is 66.2 Å². The van der Waals surface area contributed by atoms with E-state index in [-0.39, 0.29) is 17.5 Å². The molecule has 0 aromatic rings. The lowest BCUT2D eigenvalue weighted by Crippen LogP contribution is -2.14. The van der Waals surface area contributed by atoms with Crippen molar-refractivity contribution in [2.24, 2.45) is 5.92 Å². The molecule has 0 heterocycles. The quantitative estimate of drug-likeness (QED) is 0.118. The van der Waals surface area contributed by atoms with Crippen molar-refractivity contribution in [2.75, 3.05) is 20.3 Å². The third-order valence-electron chi connectivity index (χ3n) is 4.13. The van der Waals surface area contributed by atoms with Gasteiger partial charge in [-0.05, 0) is 31.8 Å². The number of carboxylic acids is 1. The molecular formula is C26H42O8. The molecule has 0 saturated carbocycles. The topological polar surface area (TPSA) is 116 Å². The Morgan fingerprint density at radius 2 is 1.53 bits per heavy atom. The smallest absolute Gasteiger partial charge is 0.337 e. The Kier molecular flexibility index (Phi) is 25.5. The largest absolute Gasteiger partial charge is 0.478 e. The highest BCUT2D eigenvalue weighted by atomic mass is 16.5. The average Bonchev–Trinajstić information content (AvgIpc) is 2.82. The molecule has 0 bridgehead atoms. The van der Waals surface area contributed by atoms with Gasteiger partial charge in [-0.2, -0.15) is 0 Å². The van der Waals surface area contributed by atoms with Gasteiger partial charge in [0.15, 0.2) is 0 Å². The molecule has 8 nitrogen and oxygen atoms in total. The van der Waals surface area contributed by atoms with Crippen LogP contribution in [0.1, 0.15) is 66.2 Å². The van der Waals surface area contributed by atoms with Gasteiger partial charge in [0.1, 0.15) is 0 Å². The molecule has 0 rings (SSSR count). The lowest BCUT2D eigenvalue weighted by molar-refractivity contribution is -0.140. The fraction of sp³-hybridized carbons (Fsp3) is 0.538. The molecular weight excluding hydrogens is 440 g/mol. The Morgan fingerprint density at radius 1 is 0.941 bits per heavy atom. The summed E-state index contributed by atoms with van der Waals surface area (Å²) in [4.78, 5) is 42.3. The van der Waals surface area contributed by atoms with Crippen LogP contribution in [0.4, 0.5) is 0 Å². The van der Waals surface area contributed by atoms with Crippen LogP contribution in [-0.4, -0.2) is 49.3 Å². The third-order valence-corrected chi connectivity index (χ3v) is 4.13. The van der Waals surface area contributed by atoms with E-state index in [2.05, 4.69) is 43.1 Å². The van der Waals surface area contributed by atoms with Gasteiger partial charge in [0.05, 0.1) is 25.9 Å². The lowest BCUT2D eigenvalue weighted by Gasteiger charge is -2.14. The molecule has 0 amide bonds. The molecule has 0 aromatic carbocycles. The number of carboxylic acid groups (broad SMARTS) is 1. The molecule has 194 valence electrons. The second kappa shape index (κ2) is 24.5. The summed E-state index contributed by atoms with van der Waals surface area (Å²) in [5.74, 6) is -1.98. The van der Waals surface area contributed by atoms with Gasteiger partial charge in [-0.15, -0.1) is 0 Å². The van der Waals surface area contributed by atoms with Crippen LogP contribution in [0.25, 0.3) is 0 Å². The van der Waals surface area contributed by atoms with Gasteiger partial charge < -0.3 is 19.3 Å². The van der Waals surface area contributed by atoms with Crippen molar-refractivity contribution in [3.63, 3.8) is 0 Å². The Bertz CT molecular complexity index is 676. The molecule has 0 aromatic heterocycles. The van der Waals surface area contributed by atoms with Gasteiger partial charge in [0, 0.05) is 17.7 Å². The summed E-state index contributed by atoms with van der Waals surface area (Å²) in [7, 11) is 1.33. The van der Waals surface area contributed by atoms with Crippen molar-refractivity contribution in [3.8, 4) is 0 Å². The number of hydrogen-bond donors (Lipinski definition) is 1. The van der Waals surface area contributed by atoms with Crippen LogP contribution in [0.3, 0.4) is 0 Å². The van der Waals surface area contributed by atoms with Crippen molar-refractivity contribution in [1.82, 2.24) is 0 Å². The first kappa shape index (κ1) is 35.4. The van der Waals surface area contributed by atoms with E-state index < -0.39 is 11.9 Å². The molecule has 0 saturated heterocycles. The Balaban J connectivity index is -0.000000497. The number of esters is 3. The summed E-state index contributed by atoms with van der Waals surface area (Å²) < 4.78 is 14.1. The van der Waals surface area contributed by atoms with Gasteiger partial charge in [-0.25, -0.2) is 19.2 Å². The number of carbonyl (C=O) groups excluding carboxylic acids is 3. The molecule has 1 unspecified atom stereocenters. The molecule has 8 heteroatoms. The molecule has 0 aliphatic rings. The van der Waals surface area contributed by atoms with Crippen LogP contribution < -0.4 is 0 Å². The molecule has 1 atom stereocenters. The van der Waals surface area contributed by atoms with Gasteiger partial charge in [0.25, 0.3) is 0 Å². The summed E-state index contributed by atoms with van der Waals surface area (Å²) in [6, 6.07) is 0. The minimum absolute atomic E-state index is 0.0581. The summed E-state index contributed by atoms with van der Waals surface area (Å²) in [6.07, 6.45) is 9.42. The van der Waals surface area contributed by atoms with Crippen molar-refractivity contribution < 1.29 is 38.5 Å². The Morgan fingerprint density at radius 3 is 1.91 bits per heavy atom. The predicted octanol–water partition coefficient (Wildman–Crippen LogP) is 5.19. The Hall–Kier alpha value is -3.16. The number of ether oxygens (including phenoxy) is 3. The van der Waals surface area contributed by atoms with Crippen molar-refractivity contribution in [3.05, 3.63) is 49.1 Å². The van der Waals surface area contributed by atoms with Gasteiger partial charge in [-0.3, -0.25) is 0 Å². The number of hydrogen-bond acceptors (Lipinski definition) is 7. The van der Waals surface area contributed by atoms with E-state index in [1.807, 2.05) is 6.92 Å². The van der Waals surface area contributed by atoms with E-state index in [4.69, 9.17) is 9.84 Å². The van der Waals surface area contributed by atoms with Crippen LogP contribution in [0.5, 0.6) is 0 Å². The number of unbranched alkanes of at least 4 members (excludes halogenated alkanes) is 2. The predicted molar refractivity (Wildman–Crippen MR) is 133 cm³/mol. The van der Waals surface area contributed by atoms with Crippen LogP contribution in [0.15, 0.2) is 49.1 Å². The highest BCUT2D eigenvalue weighted by molar-refractivity contribution is 5.93. The molecule has 1 N–H and O–H groups in total. The third kappa shape index (κ3) is 25.1. The normalized spacial score (nSPS) is 10.4. The maximum Gasteiger partial charge on any atom is 0.337 e. The first-order valence-corrected chi connectivity index (χ1v) is 11.3. The van der Waals surface area contributed by atoms with E-state index >= 15 is 0 Å². The van der Waals surface area contributed by atoms with E-state index in [0.29, 0.717) is 24.7 Å². The van der Waals surface area contributed by atoms with E-state index in [1.54, 1.807) is 6.92 Å². The molecule has 0 aliphatic heterocycles. The minimum Gasteiger partial charge on any atom is -0.478 e. The lowest BCUT2D eigenvalue weighted by atomic mass is 10.0.